The Balaban J connectivity index is 2.02. The lowest BCUT2D eigenvalue weighted by Crippen LogP contribution is -2.09. The van der Waals surface area contributed by atoms with Crippen LogP contribution in [0.25, 0.3) is 32.3 Å². The minimum Gasteiger partial charge on any atom is -0.490 e. The van der Waals surface area contributed by atoms with Gasteiger partial charge in [0.1, 0.15) is 0 Å². The molecule has 0 saturated carbocycles. The van der Waals surface area contributed by atoms with Crippen LogP contribution in [0.15, 0.2) is 36.4 Å². The first kappa shape index (κ1) is 40.9. The Labute approximate surface area is 312 Å². The Morgan fingerprint density at radius 3 is 0.923 bits per heavy atom. The van der Waals surface area contributed by atoms with Gasteiger partial charge in [0.15, 0.2) is 34.5 Å². The monoisotopic (exact) mass is 716 g/mol. The van der Waals surface area contributed by atoms with Gasteiger partial charge in [0.05, 0.1) is 33.0 Å². The number of rotatable bonds is 26. The molecule has 0 saturated heterocycles. The van der Waals surface area contributed by atoms with E-state index in [9.17, 15) is 4.79 Å². The van der Waals surface area contributed by atoms with Crippen molar-refractivity contribution in [2.75, 3.05) is 33.0 Å². The van der Waals surface area contributed by atoms with E-state index in [2.05, 4.69) is 65.8 Å². The Bertz CT molecular complexity index is 1650. The maximum Gasteiger partial charge on any atom is 0.311 e. The van der Waals surface area contributed by atoms with Crippen LogP contribution in [-0.2, 0) is 4.79 Å². The van der Waals surface area contributed by atoms with E-state index in [4.69, 9.17) is 28.4 Å². The molecule has 0 heterocycles. The van der Waals surface area contributed by atoms with Gasteiger partial charge in [0, 0.05) is 6.42 Å². The summed E-state index contributed by atoms with van der Waals surface area (Å²) in [4.78, 5) is 13.2. The smallest absolute Gasteiger partial charge is 0.311 e. The minimum atomic E-state index is -0.239. The van der Waals surface area contributed by atoms with Gasteiger partial charge in [-0.2, -0.15) is 0 Å². The van der Waals surface area contributed by atoms with Crippen molar-refractivity contribution in [1.29, 1.82) is 0 Å². The molecule has 0 atom stereocenters. The van der Waals surface area contributed by atoms with Gasteiger partial charge in [-0.3, -0.25) is 4.79 Å². The van der Waals surface area contributed by atoms with E-state index < -0.39 is 0 Å². The van der Waals surface area contributed by atoms with Crippen LogP contribution in [0.3, 0.4) is 0 Å². The number of esters is 1. The van der Waals surface area contributed by atoms with E-state index in [0.717, 1.165) is 145 Å². The van der Waals surface area contributed by atoms with Crippen molar-refractivity contribution in [3.05, 3.63) is 36.4 Å². The quantitative estimate of drug-likeness (QED) is 0.0277. The highest BCUT2D eigenvalue weighted by Gasteiger charge is 2.21. The van der Waals surface area contributed by atoms with Gasteiger partial charge in [0.25, 0.3) is 0 Å². The first-order valence-corrected chi connectivity index (χ1v) is 20.4. The summed E-state index contributed by atoms with van der Waals surface area (Å²) in [6.45, 7) is 15.9. The molecular formula is C45H64O7. The normalized spacial score (nSPS) is 11.3. The third-order valence-electron chi connectivity index (χ3n) is 9.36. The summed E-state index contributed by atoms with van der Waals surface area (Å²) in [5, 5.41) is 5.95. The number of fused-ring (bicyclic) bond motifs is 6. The number of carbonyl (C=O) groups excluding carboxylic acids is 1. The topological polar surface area (TPSA) is 72.5 Å². The van der Waals surface area contributed by atoms with Gasteiger partial charge in [-0.05, 0) is 107 Å². The van der Waals surface area contributed by atoms with Crippen molar-refractivity contribution in [3.8, 4) is 34.5 Å². The summed E-state index contributed by atoms with van der Waals surface area (Å²) < 4.78 is 38.1. The van der Waals surface area contributed by atoms with Crippen molar-refractivity contribution in [2.45, 2.75) is 138 Å². The maximum atomic E-state index is 13.2. The summed E-state index contributed by atoms with van der Waals surface area (Å²) in [5.41, 5.74) is 0. The molecule has 7 nitrogen and oxygen atoms in total. The zero-order valence-electron chi connectivity index (χ0n) is 33.0. The van der Waals surface area contributed by atoms with Crippen LogP contribution >= 0.6 is 0 Å². The summed E-state index contributed by atoms with van der Waals surface area (Å²) in [5.74, 6) is 3.69. The van der Waals surface area contributed by atoms with Gasteiger partial charge in [-0.1, -0.05) is 92.9 Å². The second kappa shape index (κ2) is 22.3. The second-order valence-electron chi connectivity index (χ2n) is 13.8. The molecule has 4 aromatic carbocycles. The van der Waals surface area contributed by atoms with Gasteiger partial charge >= 0.3 is 5.97 Å². The fourth-order valence-corrected chi connectivity index (χ4v) is 6.16. The Morgan fingerprint density at radius 2 is 0.635 bits per heavy atom. The molecule has 0 N–H and O–H groups in total. The number of hydrogen-bond acceptors (Lipinski definition) is 7. The molecule has 286 valence electrons. The van der Waals surface area contributed by atoms with Gasteiger partial charge in [0.2, 0.25) is 0 Å². The molecule has 4 rings (SSSR count). The highest BCUT2D eigenvalue weighted by molar-refractivity contribution is 6.27. The lowest BCUT2D eigenvalue weighted by Gasteiger charge is -2.20. The molecule has 0 aliphatic rings. The van der Waals surface area contributed by atoms with Gasteiger partial charge in [-0.15, -0.1) is 0 Å². The van der Waals surface area contributed by atoms with E-state index >= 15 is 0 Å². The van der Waals surface area contributed by atoms with Crippen LogP contribution in [0.4, 0.5) is 0 Å². The molecule has 7 heteroatoms. The molecule has 0 radical (unpaired) electrons. The van der Waals surface area contributed by atoms with E-state index in [-0.39, 0.29) is 5.97 Å². The van der Waals surface area contributed by atoms with Crippen molar-refractivity contribution >= 4 is 38.3 Å². The predicted molar refractivity (Wildman–Crippen MR) is 215 cm³/mol. The SMILES string of the molecule is CCCCCCC(=O)Oc1cc2c3cc(OCCCC)c(OCCCC)cc3c3cc(OCCCC)c(OCCCC)cc3c2cc1OCCCC. The maximum absolute atomic E-state index is 13.2. The molecule has 52 heavy (non-hydrogen) atoms. The van der Waals surface area contributed by atoms with Crippen molar-refractivity contribution in [3.63, 3.8) is 0 Å². The standard InChI is InChI=1S/C45H64O7/c1-7-13-19-20-21-45(46)52-44-32-38-36-30-42(50-25-17-11-5)40(48-23-15-9-3)28-34(36)33-27-39(47-22-14-8-2)41(49-24-16-10-4)29-35(33)37(38)31-43(44)51-26-18-12-6/h27-32H,7-26H2,1-6H3. The van der Waals surface area contributed by atoms with E-state index in [0.29, 0.717) is 51.0 Å². The molecule has 0 spiro atoms. The Morgan fingerprint density at radius 1 is 0.365 bits per heavy atom. The number of unbranched alkanes of at least 4 members (excludes halogenated alkanes) is 8. The van der Waals surface area contributed by atoms with Gasteiger partial charge in [-0.25, -0.2) is 0 Å². The van der Waals surface area contributed by atoms with E-state index in [1.165, 1.54) is 0 Å². The molecule has 0 unspecified atom stereocenters. The minimum absolute atomic E-state index is 0.239. The lowest BCUT2D eigenvalue weighted by molar-refractivity contribution is -0.134. The third-order valence-corrected chi connectivity index (χ3v) is 9.36. The molecule has 0 fully saturated rings. The number of ether oxygens (including phenoxy) is 6. The van der Waals surface area contributed by atoms with Crippen LogP contribution in [0, 0.1) is 0 Å². The number of hydrogen-bond donors (Lipinski definition) is 0. The van der Waals surface area contributed by atoms with Crippen LogP contribution in [-0.4, -0.2) is 39.0 Å². The summed E-state index contributed by atoms with van der Waals surface area (Å²) in [6, 6.07) is 12.5. The van der Waals surface area contributed by atoms with Crippen LogP contribution in [0.5, 0.6) is 34.5 Å². The highest BCUT2D eigenvalue weighted by Crippen LogP contribution is 2.47. The molecular weight excluding hydrogens is 652 g/mol. The summed E-state index contributed by atoms with van der Waals surface area (Å²) >= 11 is 0. The molecule has 0 aliphatic heterocycles. The van der Waals surface area contributed by atoms with E-state index in [1.807, 2.05) is 12.1 Å². The fourth-order valence-electron chi connectivity index (χ4n) is 6.16. The average Bonchev–Trinajstić information content (AvgIpc) is 3.14. The fraction of sp³-hybridized carbons (Fsp3) is 0.578. The van der Waals surface area contributed by atoms with Crippen molar-refractivity contribution in [1.82, 2.24) is 0 Å². The first-order valence-electron chi connectivity index (χ1n) is 20.4. The first-order chi connectivity index (χ1) is 25.5. The molecule has 0 bridgehead atoms. The Hall–Kier alpha value is -3.87. The average molecular weight is 717 g/mol. The second-order valence-corrected chi connectivity index (χ2v) is 13.8. The molecule has 0 aromatic heterocycles. The van der Waals surface area contributed by atoms with Gasteiger partial charge < -0.3 is 28.4 Å². The van der Waals surface area contributed by atoms with Crippen molar-refractivity contribution < 1.29 is 33.2 Å². The van der Waals surface area contributed by atoms with Crippen molar-refractivity contribution in [2.24, 2.45) is 0 Å². The van der Waals surface area contributed by atoms with Crippen LogP contribution in [0.2, 0.25) is 0 Å². The zero-order chi connectivity index (χ0) is 37.1. The third kappa shape index (κ3) is 11.3. The number of benzene rings is 4. The molecule has 4 aromatic rings. The Kier molecular flexibility index (Phi) is 17.5. The molecule has 0 aliphatic carbocycles. The number of carbonyl (C=O) groups is 1. The summed E-state index contributed by atoms with van der Waals surface area (Å²) in [7, 11) is 0. The predicted octanol–water partition coefficient (Wildman–Crippen LogP) is 12.9. The summed E-state index contributed by atoms with van der Waals surface area (Å²) in [6.07, 6.45) is 14.3. The van der Waals surface area contributed by atoms with Crippen LogP contribution in [0.1, 0.15) is 138 Å². The molecule has 0 amide bonds. The van der Waals surface area contributed by atoms with Crippen LogP contribution < -0.4 is 28.4 Å². The van der Waals surface area contributed by atoms with E-state index in [1.54, 1.807) is 0 Å². The highest BCUT2D eigenvalue weighted by atomic mass is 16.6. The lowest BCUT2D eigenvalue weighted by atomic mass is 9.93. The zero-order valence-corrected chi connectivity index (χ0v) is 33.0. The largest absolute Gasteiger partial charge is 0.490 e.